The van der Waals surface area contributed by atoms with Crippen LogP contribution in [0.1, 0.15) is 12.0 Å². The van der Waals surface area contributed by atoms with E-state index in [-0.39, 0.29) is 12.1 Å². The molecule has 1 aromatic carbocycles. The zero-order valence-corrected chi connectivity index (χ0v) is 12.4. The van der Waals surface area contributed by atoms with E-state index in [4.69, 9.17) is 5.73 Å². The number of amides is 1. The number of halogens is 1. The van der Waals surface area contributed by atoms with Crippen LogP contribution in [0, 0.1) is 0 Å². The van der Waals surface area contributed by atoms with Crippen molar-refractivity contribution in [3.05, 3.63) is 28.2 Å². The van der Waals surface area contributed by atoms with E-state index in [1.54, 1.807) is 0 Å². The Hall–Kier alpha value is -1.27. The lowest BCUT2D eigenvalue weighted by Gasteiger charge is -2.17. The zero-order valence-electron chi connectivity index (χ0n) is 10.9. The minimum absolute atomic E-state index is 0.157. The molecule has 0 saturated carbocycles. The van der Waals surface area contributed by atoms with Crippen LogP contribution in [-0.2, 0) is 11.3 Å². The summed E-state index contributed by atoms with van der Waals surface area (Å²) in [4.78, 5) is 13.4. The molecular weight excluding hydrogens is 310 g/mol. The molecule has 0 spiro atoms. The van der Waals surface area contributed by atoms with E-state index >= 15 is 0 Å². The van der Waals surface area contributed by atoms with Gasteiger partial charge >= 0.3 is 6.09 Å². The van der Waals surface area contributed by atoms with Crippen molar-refractivity contribution in [2.45, 2.75) is 19.0 Å². The SMILES string of the molecule is COC(=O)NC1CCN(Cc2ccc(Br)cc2N)C1. The summed E-state index contributed by atoms with van der Waals surface area (Å²) < 4.78 is 5.59. The van der Waals surface area contributed by atoms with Gasteiger partial charge in [0.25, 0.3) is 0 Å². The highest BCUT2D eigenvalue weighted by Gasteiger charge is 2.24. The summed E-state index contributed by atoms with van der Waals surface area (Å²) in [7, 11) is 1.38. The number of nitrogens with one attached hydrogen (secondary N) is 1. The lowest BCUT2D eigenvalue weighted by atomic mass is 10.2. The number of rotatable bonds is 3. The Morgan fingerprint density at radius 1 is 1.63 bits per heavy atom. The van der Waals surface area contributed by atoms with Gasteiger partial charge in [-0.05, 0) is 24.1 Å². The maximum atomic E-state index is 11.1. The number of nitrogens with two attached hydrogens (primary N) is 1. The van der Waals surface area contributed by atoms with Crippen LogP contribution in [0.25, 0.3) is 0 Å². The van der Waals surface area contributed by atoms with Crippen molar-refractivity contribution in [3.8, 4) is 0 Å². The largest absolute Gasteiger partial charge is 0.453 e. The van der Waals surface area contributed by atoms with E-state index in [1.165, 1.54) is 7.11 Å². The fourth-order valence-corrected chi connectivity index (χ4v) is 2.65. The number of nitrogens with zero attached hydrogens (tertiary/aromatic N) is 1. The van der Waals surface area contributed by atoms with Crippen molar-refractivity contribution in [3.63, 3.8) is 0 Å². The maximum absolute atomic E-state index is 11.1. The fourth-order valence-electron chi connectivity index (χ4n) is 2.27. The molecule has 1 unspecified atom stereocenters. The molecule has 1 aliphatic rings. The molecule has 1 saturated heterocycles. The van der Waals surface area contributed by atoms with E-state index < -0.39 is 0 Å². The summed E-state index contributed by atoms with van der Waals surface area (Å²) in [6.45, 7) is 2.58. The number of carbonyl (C=O) groups is 1. The summed E-state index contributed by atoms with van der Waals surface area (Å²) >= 11 is 3.40. The van der Waals surface area contributed by atoms with E-state index in [0.29, 0.717) is 0 Å². The van der Waals surface area contributed by atoms with Gasteiger partial charge in [0.05, 0.1) is 7.11 Å². The van der Waals surface area contributed by atoms with Crippen LogP contribution in [0.5, 0.6) is 0 Å². The molecule has 0 radical (unpaired) electrons. The van der Waals surface area contributed by atoms with Gasteiger partial charge in [0.15, 0.2) is 0 Å². The molecule has 0 bridgehead atoms. The number of hydrogen-bond donors (Lipinski definition) is 2. The third-order valence-corrected chi connectivity index (χ3v) is 3.77. The molecular formula is C13H18BrN3O2. The Morgan fingerprint density at radius 3 is 3.11 bits per heavy atom. The standard InChI is InChI=1S/C13H18BrN3O2/c1-19-13(18)16-11-4-5-17(8-11)7-9-2-3-10(14)6-12(9)15/h2-3,6,11H,4-5,7-8,15H2,1H3,(H,16,18). The smallest absolute Gasteiger partial charge is 0.407 e. The lowest BCUT2D eigenvalue weighted by Crippen LogP contribution is -2.36. The first-order chi connectivity index (χ1) is 9.08. The molecule has 2 rings (SSSR count). The minimum atomic E-state index is -0.366. The first kappa shape index (κ1) is 14.1. The zero-order chi connectivity index (χ0) is 13.8. The molecule has 3 N–H and O–H groups in total. The number of alkyl carbamates (subject to hydrolysis) is 1. The second-order valence-electron chi connectivity index (χ2n) is 4.70. The molecule has 5 nitrogen and oxygen atoms in total. The van der Waals surface area contributed by atoms with Crippen molar-refractivity contribution >= 4 is 27.7 Å². The first-order valence-electron chi connectivity index (χ1n) is 6.19. The van der Waals surface area contributed by atoms with Crippen LogP contribution < -0.4 is 11.1 Å². The summed E-state index contributed by atoms with van der Waals surface area (Å²) in [5.41, 5.74) is 7.89. The molecule has 0 aromatic heterocycles. The Labute approximate surface area is 121 Å². The van der Waals surface area contributed by atoms with Gasteiger partial charge in [-0.3, -0.25) is 4.90 Å². The Kier molecular flexibility index (Phi) is 4.66. The Morgan fingerprint density at radius 2 is 2.42 bits per heavy atom. The second-order valence-corrected chi connectivity index (χ2v) is 5.62. The van der Waals surface area contributed by atoms with Crippen molar-refractivity contribution in [2.75, 3.05) is 25.9 Å². The topological polar surface area (TPSA) is 67.6 Å². The van der Waals surface area contributed by atoms with Gasteiger partial charge in [-0.25, -0.2) is 4.79 Å². The summed E-state index contributed by atoms with van der Waals surface area (Å²) in [6, 6.07) is 6.09. The number of ether oxygens (including phenoxy) is 1. The van der Waals surface area contributed by atoms with E-state index in [0.717, 1.165) is 41.8 Å². The average molecular weight is 328 g/mol. The average Bonchev–Trinajstić information content (AvgIpc) is 2.80. The van der Waals surface area contributed by atoms with Gasteiger partial charge in [-0.15, -0.1) is 0 Å². The van der Waals surface area contributed by atoms with Gasteiger partial charge < -0.3 is 15.8 Å². The summed E-state index contributed by atoms with van der Waals surface area (Å²) in [5, 5.41) is 2.83. The van der Waals surface area contributed by atoms with Crippen LogP contribution in [-0.4, -0.2) is 37.2 Å². The van der Waals surface area contributed by atoms with Crippen molar-refractivity contribution in [1.29, 1.82) is 0 Å². The molecule has 0 aliphatic carbocycles. The third-order valence-electron chi connectivity index (χ3n) is 3.28. The molecule has 1 aromatic rings. The second kappa shape index (κ2) is 6.25. The van der Waals surface area contributed by atoms with Crippen molar-refractivity contribution in [1.82, 2.24) is 10.2 Å². The van der Waals surface area contributed by atoms with Crippen molar-refractivity contribution < 1.29 is 9.53 Å². The van der Waals surface area contributed by atoms with Crippen molar-refractivity contribution in [2.24, 2.45) is 0 Å². The quantitative estimate of drug-likeness (QED) is 0.833. The maximum Gasteiger partial charge on any atom is 0.407 e. The van der Waals surface area contributed by atoms with Crippen LogP contribution in [0.3, 0.4) is 0 Å². The fraction of sp³-hybridized carbons (Fsp3) is 0.462. The van der Waals surface area contributed by atoms with E-state index in [9.17, 15) is 4.79 Å². The van der Waals surface area contributed by atoms with Crippen LogP contribution in [0.15, 0.2) is 22.7 Å². The minimum Gasteiger partial charge on any atom is -0.453 e. The molecule has 6 heteroatoms. The van der Waals surface area contributed by atoms with Crippen LogP contribution in [0.2, 0.25) is 0 Å². The molecule has 1 aliphatic heterocycles. The highest BCUT2D eigenvalue weighted by atomic mass is 79.9. The highest BCUT2D eigenvalue weighted by molar-refractivity contribution is 9.10. The number of hydrogen-bond acceptors (Lipinski definition) is 4. The molecule has 1 heterocycles. The number of nitrogen functional groups attached to an aromatic ring is 1. The lowest BCUT2D eigenvalue weighted by molar-refractivity contribution is 0.166. The van der Waals surface area contributed by atoms with Gasteiger partial charge in [-0.2, -0.15) is 0 Å². The van der Waals surface area contributed by atoms with Crippen LogP contribution >= 0.6 is 15.9 Å². The van der Waals surface area contributed by atoms with E-state index in [2.05, 4.69) is 30.9 Å². The number of anilines is 1. The predicted molar refractivity (Wildman–Crippen MR) is 77.8 cm³/mol. The van der Waals surface area contributed by atoms with Gasteiger partial charge in [0, 0.05) is 35.8 Å². The summed E-state index contributed by atoms with van der Waals surface area (Å²) in [5.74, 6) is 0. The summed E-state index contributed by atoms with van der Waals surface area (Å²) in [6.07, 6.45) is 0.570. The first-order valence-corrected chi connectivity index (χ1v) is 6.98. The van der Waals surface area contributed by atoms with Gasteiger partial charge in [-0.1, -0.05) is 22.0 Å². The normalized spacial score (nSPS) is 19.4. The molecule has 1 amide bonds. The van der Waals surface area contributed by atoms with Crippen LogP contribution in [0.4, 0.5) is 10.5 Å². The predicted octanol–water partition coefficient (Wildman–Crippen LogP) is 1.96. The molecule has 1 atom stereocenters. The molecule has 1 fully saturated rings. The number of methoxy groups -OCH3 is 1. The number of likely N-dealkylation sites (tertiary alicyclic amines) is 1. The Bertz CT molecular complexity index is 467. The third kappa shape index (κ3) is 3.84. The van der Waals surface area contributed by atoms with Gasteiger partial charge in [0.1, 0.15) is 0 Å². The number of benzene rings is 1. The highest BCUT2D eigenvalue weighted by Crippen LogP contribution is 2.21. The van der Waals surface area contributed by atoms with Gasteiger partial charge in [0.2, 0.25) is 0 Å². The molecule has 19 heavy (non-hydrogen) atoms. The monoisotopic (exact) mass is 327 g/mol. The molecule has 104 valence electrons. The van der Waals surface area contributed by atoms with E-state index in [1.807, 2.05) is 18.2 Å². The Balaban J connectivity index is 1.89. The number of carbonyl (C=O) groups excluding carboxylic acids is 1.